The summed E-state index contributed by atoms with van der Waals surface area (Å²) >= 11 is 0. The highest BCUT2D eigenvalue weighted by atomic mass is 19.3. The van der Waals surface area contributed by atoms with E-state index in [0.29, 0.717) is 45.1 Å². The molecule has 218 valence electrons. The van der Waals surface area contributed by atoms with Crippen LogP contribution in [-0.4, -0.2) is 92.0 Å². The molecule has 0 spiro atoms. The third-order valence-electron chi connectivity index (χ3n) is 7.80. The second-order valence-corrected chi connectivity index (χ2v) is 11.1. The maximum absolute atomic E-state index is 13.3. The molecule has 3 aromatic heterocycles. The minimum absolute atomic E-state index is 0.0161. The third kappa shape index (κ3) is 5.96. The highest BCUT2D eigenvalue weighted by Gasteiger charge is 2.36. The molecule has 0 bridgehead atoms. The van der Waals surface area contributed by atoms with Crippen LogP contribution in [0.4, 0.5) is 14.7 Å². The van der Waals surface area contributed by atoms with Crippen LogP contribution < -0.4 is 5.32 Å². The number of halogens is 2. The van der Waals surface area contributed by atoms with E-state index in [1.165, 1.54) is 0 Å². The smallest absolute Gasteiger partial charge is 0.345 e. The first-order chi connectivity index (χ1) is 19.1. The molecule has 1 saturated carbocycles. The van der Waals surface area contributed by atoms with Crippen molar-refractivity contribution in [1.29, 1.82) is 0 Å². The number of fused-ring (bicyclic) bond motifs is 1. The van der Waals surface area contributed by atoms with Crippen molar-refractivity contribution in [2.75, 3.05) is 38.2 Å². The van der Waals surface area contributed by atoms with Gasteiger partial charge in [-0.05, 0) is 52.5 Å². The Morgan fingerprint density at radius 1 is 1.23 bits per heavy atom. The standard InChI is InChI=1S/C27H37F2N7O4/c1-17(16-40-25(28)29)32-26-30-14-23-21(12-22(36(23)33-26)18-4-6-20(37)7-5-18)19-13-31-35(15-19)27(2,3)24(38)34-8-10-39-11-9-34/h12-15,17-18,20,25,37H,4-11,16H2,1-3H3,(H,32,33)/t17-,18?,20?/m0/s1. The quantitative estimate of drug-likeness (QED) is 0.409. The molecule has 2 aliphatic rings. The minimum atomic E-state index is -2.84. The summed E-state index contributed by atoms with van der Waals surface area (Å²) in [6.45, 7) is 4.56. The Morgan fingerprint density at radius 2 is 1.95 bits per heavy atom. The van der Waals surface area contributed by atoms with E-state index in [1.807, 2.05) is 29.5 Å². The number of nitrogens with one attached hydrogen (secondary N) is 1. The number of morpholine rings is 1. The first kappa shape index (κ1) is 28.4. The summed E-state index contributed by atoms with van der Waals surface area (Å²) in [4.78, 5) is 19.6. The number of carbonyl (C=O) groups is 1. The molecule has 13 heteroatoms. The summed E-state index contributed by atoms with van der Waals surface area (Å²) in [5.41, 5.74) is 2.56. The third-order valence-corrected chi connectivity index (χ3v) is 7.80. The van der Waals surface area contributed by atoms with Gasteiger partial charge in [0.05, 0.1) is 43.8 Å². The van der Waals surface area contributed by atoms with Gasteiger partial charge in [-0.25, -0.2) is 9.50 Å². The van der Waals surface area contributed by atoms with E-state index >= 15 is 0 Å². The van der Waals surface area contributed by atoms with Crippen molar-refractivity contribution in [3.63, 3.8) is 0 Å². The molecule has 2 fully saturated rings. The number of nitrogens with zero attached hydrogens (tertiary/aromatic N) is 6. The molecule has 0 unspecified atom stereocenters. The second-order valence-electron chi connectivity index (χ2n) is 11.1. The van der Waals surface area contributed by atoms with Crippen molar-refractivity contribution in [3.8, 4) is 11.1 Å². The lowest BCUT2D eigenvalue weighted by Gasteiger charge is -2.34. The molecule has 4 heterocycles. The summed E-state index contributed by atoms with van der Waals surface area (Å²) in [5, 5.41) is 22.4. The number of aliphatic hydroxyl groups is 1. The lowest BCUT2D eigenvalue weighted by atomic mass is 9.85. The maximum Gasteiger partial charge on any atom is 0.345 e. The molecule has 1 aliphatic carbocycles. The second kappa shape index (κ2) is 11.8. The Kier molecular flexibility index (Phi) is 8.34. The van der Waals surface area contributed by atoms with Crippen LogP contribution in [0.2, 0.25) is 0 Å². The molecule has 0 radical (unpaired) electrons. The SMILES string of the molecule is C[C@@H](COC(F)F)Nc1ncc2c(-c3cnn(C(C)(C)C(=O)N4CCOCC4)c3)cc(C3CCC(O)CC3)n2n1. The number of aliphatic hydroxyl groups excluding tert-OH is 1. The van der Waals surface area contributed by atoms with Crippen molar-refractivity contribution in [2.24, 2.45) is 0 Å². The normalized spacial score (nSPS) is 21.2. The molecule has 1 amide bonds. The number of ether oxygens (including phenoxy) is 2. The van der Waals surface area contributed by atoms with Crippen LogP contribution in [0.25, 0.3) is 16.6 Å². The van der Waals surface area contributed by atoms with Gasteiger partial charge in [0.15, 0.2) is 0 Å². The zero-order valence-electron chi connectivity index (χ0n) is 23.1. The summed E-state index contributed by atoms with van der Waals surface area (Å²) in [7, 11) is 0. The van der Waals surface area contributed by atoms with Gasteiger partial charge in [0.2, 0.25) is 11.9 Å². The summed E-state index contributed by atoms with van der Waals surface area (Å²) in [6.07, 6.45) is 8.08. The average Bonchev–Trinajstić information content (AvgIpc) is 3.58. The Bertz CT molecular complexity index is 1310. The first-order valence-corrected chi connectivity index (χ1v) is 13.8. The van der Waals surface area contributed by atoms with Crippen LogP contribution in [0, 0.1) is 0 Å². The number of aromatic nitrogens is 5. The van der Waals surface area contributed by atoms with Gasteiger partial charge in [-0.2, -0.15) is 13.9 Å². The van der Waals surface area contributed by atoms with Crippen molar-refractivity contribution in [1.82, 2.24) is 29.3 Å². The number of amides is 1. The van der Waals surface area contributed by atoms with Crippen LogP contribution in [0.15, 0.2) is 24.7 Å². The number of alkyl halides is 2. The highest BCUT2D eigenvalue weighted by Crippen LogP contribution is 2.38. The molecule has 0 aromatic carbocycles. The Morgan fingerprint density at radius 3 is 2.65 bits per heavy atom. The largest absolute Gasteiger partial charge is 0.393 e. The molecule has 1 atom stereocenters. The molecule has 2 N–H and O–H groups in total. The molecule has 1 saturated heterocycles. The number of hydrogen-bond donors (Lipinski definition) is 2. The first-order valence-electron chi connectivity index (χ1n) is 13.8. The van der Waals surface area contributed by atoms with Crippen LogP contribution in [0.5, 0.6) is 0 Å². The fourth-order valence-corrected chi connectivity index (χ4v) is 5.47. The van der Waals surface area contributed by atoms with E-state index in [9.17, 15) is 18.7 Å². The van der Waals surface area contributed by atoms with Gasteiger partial charge < -0.3 is 24.8 Å². The molecular weight excluding hydrogens is 524 g/mol. The lowest BCUT2D eigenvalue weighted by molar-refractivity contribution is -0.143. The summed E-state index contributed by atoms with van der Waals surface area (Å²) < 4.78 is 38.3. The van der Waals surface area contributed by atoms with Gasteiger partial charge in [0.25, 0.3) is 0 Å². The van der Waals surface area contributed by atoms with Crippen LogP contribution in [0.3, 0.4) is 0 Å². The lowest BCUT2D eigenvalue weighted by Crippen LogP contribution is -2.51. The van der Waals surface area contributed by atoms with Crippen molar-refractivity contribution in [3.05, 3.63) is 30.4 Å². The van der Waals surface area contributed by atoms with Crippen molar-refractivity contribution < 1.29 is 28.2 Å². The zero-order valence-corrected chi connectivity index (χ0v) is 23.1. The van der Waals surface area contributed by atoms with E-state index in [2.05, 4.69) is 26.2 Å². The van der Waals surface area contributed by atoms with Gasteiger partial charge in [0, 0.05) is 48.1 Å². The van der Waals surface area contributed by atoms with Crippen LogP contribution in [0.1, 0.15) is 58.1 Å². The van der Waals surface area contributed by atoms with Crippen LogP contribution in [-0.2, 0) is 19.8 Å². The Labute approximate surface area is 231 Å². The van der Waals surface area contributed by atoms with E-state index in [4.69, 9.17) is 9.84 Å². The molecular formula is C27H37F2N7O4. The van der Waals surface area contributed by atoms with Crippen LogP contribution >= 0.6 is 0 Å². The van der Waals surface area contributed by atoms with E-state index in [0.717, 1.165) is 35.2 Å². The number of rotatable bonds is 9. The Balaban J connectivity index is 1.46. The molecule has 5 rings (SSSR count). The van der Waals surface area contributed by atoms with E-state index < -0.39 is 18.2 Å². The topological polar surface area (TPSA) is 119 Å². The number of carbonyl (C=O) groups excluding carboxylic acids is 1. The molecule has 1 aliphatic heterocycles. The van der Waals surface area contributed by atoms with Gasteiger partial charge in [0.1, 0.15) is 5.54 Å². The average molecular weight is 562 g/mol. The van der Waals surface area contributed by atoms with Crippen molar-refractivity contribution in [2.45, 2.75) is 76.7 Å². The van der Waals surface area contributed by atoms with E-state index in [-0.39, 0.29) is 24.5 Å². The fourth-order valence-electron chi connectivity index (χ4n) is 5.47. The number of hydrogen-bond acceptors (Lipinski definition) is 8. The molecule has 40 heavy (non-hydrogen) atoms. The monoisotopic (exact) mass is 561 g/mol. The predicted octanol–water partition coefficient (Wildman–Crippen LogP) is 3.24. The summed E-state index contributed by atoms with van der Waals surface area (Å²) in [6, 6.07) is 1.65. The predicted molar refractivity (Wildman–Crippen MR) is 143 cm³/mol. The van der Waals surface area contributed by atoms with Crippen molar-refractivity contribution >= 4 is 17.4 Å². The number of anilines is 1. The highest BCUT2D eigenvalue weighted by molar-refractivity contribution is 5.85. The summed E-state index contributed by atoms with van der Waals surface area (Å²) in [5.74, 6) is 0.462. The van der Waals surface area contributed by atoms with E-state index in [1.54, 1.807) is 24.0 Å². The van der Waals surface area contributed by atoms with Gasteiger partial charge >= 0.3 is 6.61 Å². The van der Waals surface area contributed by atoms with Gasteiger partial charge in [-0.15, -0.1) is 5.10 Å². The van der Waals surface area contributed by atoms with Gasteiger partial charge in [-0.3, -0.25) is 9.48 Å². The minimum Gasteiger partial charge on any atom is -0.393 e. The Hall–Kier alpha value is -3.16. The zero-order chi connectivity index (χ0) is 28.4. The molecule has 11 nitrogen and oxygen atoms in total. The fraction of sp³-hybridized carbons (Fsp3) is 0.630. The molecule has 3 aromatic rings. The van der Waals surface area contributed by atoms with Gasteiger partial charge in [-0.1, -0.05) is 0 Å². The maximum atomic E-state index is 13.3.